The van der Waals surface area contributed by atoms with Crippen molar-refractivity contribution >= 4 is 11.9 Å². The lowest BCUT2D eigenvalue weighted by atomic mass is 9.84. The molecule has 0 aliphatic rings. The number of nitro groups is 1. The molecule has 0 fully saturated rings. The molecule has 1 rings (SSSR count). The molecule has 1 atom stereocenters. The number of methoxy groups -OCH3 is 2. The highest BCUT2D eigenvalue weighted by molar-refractivity contribution is 5.96. The van der Waals surface area contributed by atoms with E-state index < -0.39 is 52.4 Å². The summed E-state index contributed by atoms with van der Waals surface area (Å²) in [5, 5.41) is 10.9. The summed E-state index contributed by atoms with van der Waals surface area (Å²) in [6, 6.07) is 2.02. The van der Waals surface area contributed by atoms with Crippen LogP contribution >= 0.6 is 0 Å². The van der Waals surface area contributed by atoms with E-state index in [0.717, 1.165) is 26.4 Å². The van der Waals surface area contributed by atoms with E-state index in [1.165, 1.54) is 0 Å². The Bertz CT molecular complexity index is 610. The first kappa shape index (κ1) is 19.5. The monoisotopic (exact) mass is 345 g/mol. The molecule has 0 aliphatic heterocycles. The number of nitrogens with zero attached hydrogens (tertiary/aromatic N) is 1. The van der Waals surface area contributed by atoms with Crippen LogP contribution in [0.1, 0.15) is 24.0 Å². The van der Waals surface area contributed by atoms with E-state index in [2.05, 4.69) is 9.47 Å². The smallest absolute Gasteiger partial charge is 0.320 e. The lowest BCUT2D eigenvalue weighted by Crippen LogP contribution is -2.36. The molecule has 0 aromatic heterocycles. The molecule has 132 valence electrons. The Balaban J connectivity index is 3.53. The van der Waals surface area contributed by atoms with Gasteiger partial charge in [0.25, 0.3) is 0 Å². The number of carbonyl (C=O) groups excluding carboxylic acids is 2. The molecule has 0 saturated carbocycles. The predicted molar refractivity (Wildman–Crippen MR) is 77.9 cm³/mol. The van der Waals surface area contributed by atoms with E-state index in [1.807, 2.05) is 0 Å². The van der Waals surface area contributed by atoms with Gasteiger partial charge in [0.1, 0.15) is 11.6 Å². The summed E-state index contributed by atoms with van der Waals surface area (Å²) >= 11 is 0. The predicted octanol–water partition coefficient (Wildman–Crippen LogP) is 1.85. The molecule has 0 spiro atoms. The highest BCUT2D eigenvalue weighted by Gasteiger charge is 2.43. The third-order valence-corrected chi connectivity index (χ3v) is 3.58. The number of aryl methyl sites for hydroxylation is 1. The van der Waals surface area contributed by atoms with Crippen molar-refractivity contribution in [2.24, 2.45) is 5.92 Å². The topological polar surface area (TPSA) is 95.7 Å². The van der Waals surface area contributed by atoms with Gasteiger partial charge in [0, 0.05) is 10.5 Å². The molecule has 1 aromatic carbocycles. The van der Waals surface area contributed by atoms with Crippen molar-refractivity contribution in [1.82, 2.24) is 0 Å². The molecule has 7 nitrogen and oxygen atoms in total. The first-order valence-corrected chi connectivity index (χ1v) is 7.02. The average Bonchev–Trinajstić information content (AvgIpc) is 2.52. The molecule has 9 heteroatoms. The molecule has 24 heavy (non-hydrogen) atoms. The van der Waals surface area contributed by atoms with Gasteiger partial charge in [-0.25, -0.2) is 8.78 Å². The SMILES string of the molecule is CCc1cc(F)c(C(C[N+](=O)[O-])C(C(=O)OC)C(=O)OC)c(F)c1. The summed E-state index contributed by atoms with van der Waals surface area (Å²) in [4.78, 5) is 33.8. The van der Waals surface area contributed by atoms with E-state index in [4.69, 9.17) is 0 Å². The van der Waals surface area contributed by atoms with Crippen LogP contribution < -0.4 is 0 Å². The van der Waals surface area contributed by atoms with E-state index >= 15 is 0 Å². The van der Waals surface area contributed by atoms with Crippen LogP contribution in [-0.4, -0.2) is 37.6 Å². The van der Waals surface area contributed by atoms with Crippen LogP contribution in [0.15, 0.2) is 12.1 Å². The van der Waals surface area contributed by atoms with Gasteiger partial charge in [-0.2, -0.15) is 0 Å². The third-order valence-electron chi connectivity index (χ3n) is 3.58. The Morgan fingerprint density at radius 3 is 1.96 bits per heavy atom. The van der Waals surface area contributed by atoms with Gasteiger partial charge in [-0.1, -0.05) is 6.92 Å². The zero-order chi connectivity index (χ0) is 18.4. The van der Waals surface area contributed by atoms with Crippen molar-refractivity contribution in [3.63, 3.8) is 0 Å². The van der Waals surface area contributed by atoms with Gasteiger partial charge >= 0.3 is 11.9 Å². The van der Waals surface area contributed by atoms with E-state index in [0.29, 0.717) is 12.0 Å². The fraction of sp³-hybridized carbons (Fsp3) is 0.467. The Morgan fingerprint density at radius 1 is 1.17 bits per heavy atom. The number of esters is 2. The number of benzene rings is 1. The van der Waals surface area contributed by atoms with Gasteiger partial charge in [-0.05, 0) is 24.1 Å². The lowest BCUT2D eigenvalue weighted by Gasteiger charge is -2.22. The number of ether oxygens (including phenoxy) is 2. The molecule has 0 N–H and O–H groups in total. The Hall–Kier alpha value is -2.58. The van der Waals surface area contributed by atoms with Crippen LogP contribution in [0.2, 0.25) is 0 Å². The highest BCUT2D eigenvalue weighted by Crippen LogP contribution is 2.32. The zero-order valence-electron chi connectivity index (χ0n) is 13.4. The number of hydrogen-bond acceptors (Lipinski definition) is 6. The average molecular weight is 345 g/mol. The maximum absolute atomic E-state index is 14.3. The minimum absolute atomic E-state index is 0.335. The number of halogens is 2. The van der Waals surface area contributed by atoms with E-state index in [1.54, 1.807) is 6.92 Å². The maximum atomic E-state index is 14.3. The molecule has 0 radical (unpaired) electrons. The van der Waals surface area contributed by atoms with Crippen molar-refractivity contribution in [2.75, 3.05) is 20.8 Å². The molecule has 0 heterocycles. The maximum Gasteiger partial charge on any atom is 0.320 e. The fourth-order valence-electron chi connectivity index (χ4n) is 2.40. The summed E-state index contributed by atoms with van der Waals surface area (Å²) in [6.45, 7) is 0.627. The van der Waals surface area contributed by atoms with Crippen LogP contribution in [0.5, 0.6) is 0 Å². The summed E-state index contributed by atoms with van der Waals surface area (Å²) in [5.41, 5.74) is -0.383. The largest absolute Gasteiger partial charge is 0.468 e. The molecule has 0 saturated heterocycles. The first-order chi connectivity index (χ1) is 11.3. The van der Waals surface area contributed by atoms with Crippen molar-refractivity contribution in [3.8, 4) is 0 Å². The summed E-state index contributed by atoms with van der Waals surface area (Å²) in [6.07, 6.45) is 0.339. The van der Waals surface area contributed by atoms with Gasteiger partial charge in [0.15, 0.2) is 5.92 Å². The Kier molecular flexibility index (Phi) is 6.75. The quantitative estimate of drug-likeness (QED) is 0.324. The summed E-state index contributed by atoms with van der Waals surface area (Å²) in [7, 11) is 1.91. The van der Waals surface area contributed by atoms with Crippen LogP contribution in [0.3, 0.4) is 0 Å². The van der Waals surface area contributed by atoms with Crippen molar-refractivity contribution in [1.29, 1.82) is 0 Å². The van der Waals surface area contributed by atoms with Crippen LogP contribution in [-0.2, 0) is 25.5 Å². The normalized spacial score (nSPS) is 11.9. The molecular formula is C15H17F2NO6. The molecule has 0 aliphatic carbocycles. The minimum Gasteiger partial charge on any atom is -0.468 e. The third kappa shape index (κ3) is 4.24. The second kappa shape index (κ2) is 8.32. The van der Waals surface area contributed by atoms with Gasteiger partial charge < -0.3 is 9.47 Å². The van der Waals surface area contributed by atoms with Crippen molar-refractivity contribution in [3.05, 3.63) is 45.0 Å². The number of rotatable bonds is 7. The van der Waals surface area contributed by atoms with Crippen LogP contribution in [0.25, 0.3) is 0 Å². The van der Waals surface area contributed by atoms with Gasteiger partial charge in [0.05, 0.1) is 20.1 Å². The molecular weight excluding hydrogens is 328 g/mol. The van der Waals surface area contributed by atoms with Crippen molar-refractivity contribution < 1.29 is 32.8 Å². The fourth-order valence-corrected chi connectivity index (χ4v) is 2.40. The molecule has 0 amide bonds. The van der Waals surface area contributed by atoms with Gasteiger partial charge in [-0.3, -0.25) is 19.7 Å². The zero-order valence-corrected chi connectivity index (χ0v) is 13.4. The van der Waals surface area contributed by atoms with Crippen molar-refractivity contribution in [2.45, 2.75) is 19.3 Å². The van der Waals surface area contributed by atoms with E-state index in [-0.39, 0.29) is 0 Å². The minimum atomic E-state index is -1.86. The molecule has 1 unspecified atom stereocenters. The lowest BCUT2D eigenvalue weighted by molar-refractivity contribution is -0.484. The van der Waals surface area contributed by atoms with Gasteiger partial charge in [-0.15, -0.1) is 0 Å². The standard InChI is InChI=1S/C15H17F2NO6/c1-4-8-5-10(16)12(11(17)6-8)9(7-18(21)22)13(14(19)23-2)15(20)24-3/h5-6,9,13H,4,7H2,1-3H3. The second-order valence-electron chi connectivity index (χ2n) is 4.97. The summed E-state index contributed by atoms with van der Waals surface area (Å²) in [5.74, 6) is -8.06. The molecule has 0 bridgehead atoms. The van der Waals surface area contributed by atoms with E-state index in [9.17, 15) is 28.5 Å². The number of hydrogen-bond donors (Lipinski definition) is 0. The van der Waals surface area contributed by atoms with Crippen LogP contribution in [0, 0.1) is 27.7 Å². The Labute approximate surface area is 136 Å². The Morgan fingerprint density at radius 2 is 1.62 bits per heavy atom. The second-order valence-corrected chi connectivity index (χ2v) is 4.97. The molecule has 1 aromatic rings. The highest BCUT2D eigenvalue weighted by atomic mass is 19.1. The first-order valence-electron chi connectivity index (χ1n) is 7.02. The number of carbonyl (C=O) groups is 2. The van der Waals surface area contributed by atoms with Gasteiger partial charge in [0.2, 0.25) is 6.54 Å². The summed E-state index contributed by atoms with van der Waals surface area (Å²) < 4.78 is 37.5. The van der Waals surface area contributed by atoms with Crippen LogP contribution in [0.4, 0.5) is 8.78 Å².